The third-order valence-electron chi connectivity index (χ3n) is 2.58. The fraction of sp³-hybridized carbons (Fsp3) is 0.615. The van der Waals surface area contributed by atoms with Crippen molar-refractivity contribution in [3.05, 3.63) is 18.6 Å². The second-order valence-corrected chi connectivity index (χ2v) is 6.01. The molecule has 2 unspecified atom stereocenters. The third kappa shape index (κ3) is 5.03. The smallest absolute Gasteiger partial charge is 0.116 e. The molecule has 0 amide bonds. The molecule has 0 bridgehead atoms. The first-order valence-corrected chi connectivity index (χ1v) is 7.06. The predicted molar refractivity (Wildman–Crippen MR) is 74.3 cm³/mol. The first-order valence-electron chi connectivity index (χ1n) is 6.18. The van der Waals surface area contributed by atoms with Gasteiger partial charge in [0.1, 0.15) is 11.9 Å². The van der Waals surface area contributed by atoms with Gasteiger partial charge in [-0.3, -0.25) is 5.32 Å². The molecule has 4 nitrogen and oxygen atoms in total. The van der Waals surface area contributed by atoms with Crippen molar-refractivity contribution in [3.8, 4) is 6.07 Å². The third-order valence-corrected chi connectivity index (χ3v) is 3.64. The monoisotopic (exact) mass is 264 g/mol. The van der Waals surface area contributed by atoms with E-state index in [1.807, 2.05) is 13.0 Å². The lowest BCUT2D eigenvalue weighted by molar-refractivity contribution is 0.418. The van der Waals surface area contributed by atoms with Gasteiger partial charge in [0, 0.05) is 11.4 Å². The Hall–Kier alpha value is -1.12. The summed E-state index contributed by atoms with van der Waals surface area (Å²) in [6.45, 7) is 7.05. The Labute approximate surface area is 113 Å². The van der Waals surface area contributed by atoms with Crippen LogP contribution in [0.2, 0.25) is 0 Å². The summed E-state index contributed by atoms with van der Waals surface area (Å²) in [7, 11) is 0. The molecule has 0 spiro atoms. The fourth-order valence-electron chi connectivity index (χ4n) is 1.73. The number of nitrogens with one attached hydrogen (secondary N) is 1. The van der Waals surface area contributed by atoms with E-state index in [0.29, 0.717) is 5.25 Å². The Balaban J connectivity index is 2.52. The van der Waals surface area contributed by atoms with E-state index in [-0.39, 0.29) is 0 Å². The average molecular weight is 264 g/mol. The fourth-order valence-corrected chi connectivity index (χ4v) is 2.81. The first kappa shape index (κ1) is 14.9. The molecule has 1 rings (SSSR count). The van der Waals surface area contributed by atoms with Crippen LogP contribution in [0.15, 0.2) is 23.6 Å². The normalized spacial score (nSPS) is 15.7. The summed E-state index contributed by atoms with van der Waals surface area (Å²) in [5, 5.41) is 13.9. The molecule has 0 saturated carbocycles. The number of nitriles is 1. The summed E-state index contributed by atoms with van der Waals surface area (Å²) < 4.78 is 0. The molecule has 1 N–H and O–H groups in total. The Morgan fingerprint density at radius 2 is 2.39 bits per heavy atom. The van der Waals surface area contributed by atoms with E-state index in [0.717, 1.165) is 24.4 Å². The van der Waals surface area contributed by atoms with Gasteiger partial charge in [-0.15, -0.1) is 11.8 Å². The van der Waals surface area contributed by atoms with Crippen LogP contribution in [0.25, 0.3) is 0 Å². The van der Waals surface area contributed by atoms with Gasteiger partial charge < -0.3 is 0 Å². The van der Waals surface area contributed by atoms with Crippen molar-refractivity contribution in [3.63, 3.8) is 0 Å². The number of thioether (sulfide) groups is 1. The molecule has 0 aromatic carbocycles. The number of hydrogen-bond donors (Lipinski definition) is 1. The molecule has 5 heteroatoms. The predicted octanol–water partition coefficient (Wildman–Crippen LogP) is 2.63. The zero-order valence-electron chi connectivity index (χ0n) is 11.2. The minimum atomic E-state index is -0.463. The molecule has 0 saturated heterocycles. The Morgan fingerprint density at radius 3 is 2.94 bits per heavy atom. The van der Waals surface area contributed by atoms with Crippen LogP contribution in [0.5, 0.6) is 0 Å². The highest BCUT2D eigenvalue weighted by molar-refractivity contribution is 7.99. The van der Waals surface area contributed by atoms with Crippen LogP contribution < -0.4 is 5.32 Å². The minimum absolute atomic E-state index is 0.328. The summed E-state index contributed by atoms with van der Waals surface area (Å²) in [5.41, 5.74) is -0.463. The standard InChI is InChI=1S/C13H20N4S/c1-4-6-17-13(3,9-14)8-11(2)18-12-5-7-15-10-16-12/h5,7,10-11,17H,4,6,8H2,1-3H3. The Bertz CT molecular complexity index is 390. The molecular formula is C13H20N4S. The van der Waals surface area contributed by atoms with E-state index in [1.54, 1.807) is 24.3 Å². The van der Waals surface area contributed by atoms with Gasteiger partial charge in [0.05, 0.1) is 11.1 Å². The molecule has 1 heterocycles. The van der Waals surface area contributed by atoms with E-state index in [9.17, 15) is 5.26 Å². The van der Waals surface area contributed by atoms with Crippen LogP contribution in [0.1, 0.15) is 33.6 Å². The molecule has 0 aliphatic heterocycles. The summed E-state index contributed by atoms with van der Waals surface area (Å²) in [5.74, 6) is 0. The van der Waals surface area contributed by atoms with Gasteiger partial charge in [-0.1, -0.05) is 13.8 Å². The molecule has 18 heavy (non-hydrogen) atoms. The maximum absolute atomic E-state index is 9.28. The molecule has 98 valence electrons. The van der Waals surface area contributed by atoms with E-state index in [4.69, 9.17) is 0 Å². The highest BCUT2D eigenvalue weighted by atomic mass is 32.2. The second kappa shape index (κ2) is 7.34. The van der Waals surface area contributed by atoms with Gasteiger partial charge >= 0.3 is 0 Å². The zero-order chi connectivity index (χ0) is 13.4. The van der Waals surface area contributed by atoms with Crippen molar-refractivity contribution >= 4 is 11.8 Å². The molecule has 1 aromatic heterocycles. The van der Waals surface area contributed by atoms with Gasteiger partial charge in [-0.2, -0.15) is 5.26 Å². The van der Waals surface area contributed by atoms with Crippen LogP contribution in [0, 0.1) is 11.3 Å². The number of rotatable bonds is 7. The topological polar surface area (TPSA) is 61.6 Å². The van der Waals surface area contributed by atoms with Crippen LogP contribution in [0.4, 0.5) is 0 Å². The molecule has 0 fully saturated rings. The quantitative estimate of drug-likeness (QED) is 0.606. The average Bonchev–Trinajstić information content (AvgIpc) is 2.37. The zero-order valence-corrected chi connectivity index (χ0v) is 12.0. The van der Waals surface area contributed by atoms with E-state index in [1.165, 1.54) is 0 Å². The van der Waals surface area contributed by atoms with Crippen LogP contribution in [-0.2, 0) is 0 Å². The number of aromatic nitrogens is 2. The molecule has 0 aliphatic carbocycles. The molecule has 0 radical (unpaired) electrons. The van der Waals surface area contributed by atoms with Gasteiger partial charge in [-0.05, 0) is 32.4 Å². The molecular weight excluding hydrogens is 244 g/mol. The minimum Gasteiger partial charge on any atom is -0.300 e. The van der Waals surface area contributed by atoms with Crippen molar-refractivity contribution < 1.29 is 0 Å². The van der Waals surface area contributed by atoms with Crippen molar-refractivity contribution in [1.82, 2.24) is 15.3 Å². The molecule has 2 atom stereocenters. The maximum Gasteiger partial charge on any atom is 0.116 e. The number of hydrogen-bond acceptors (Lipinski definition) is 5. The highest BCUT2D eigenvalue weighted by Crippen LogP contribution is 2.26. The SMILES string of the molecule is CCCNC(C)(C#N)CC(C)Sc1ccncn1. The van der Waals surface area contributed by atoms with Crippen molar-refractivity contribution in [2.45, 2.75) is 49.4 Å². The largest absolute Gasteiger partial charge is 0.300 e. The van der Waals surface area contributed by atoms with Crippen LogP contribution in [-0.4, -0.2) is 27.3 Å². The van der Waals surface area contributed by atoms with Crippen molar-refractivity contribution in [1.29, 1.82) is 5.26 Å². The number of nitrogens with zero attached hydrogens (tertiary/aromatic N) is 3. The second-order valence-electron chi connectivity index (χ2n) is 4.55. The summed E-state index contributed by atoms with van der Waals surface area (Å²) >= 11 is 1.68. The highest BCUT2D eigenvalue weighted by Gasteiger charge is 2.25. The lowest BCUT2D eigenvalue weighted by Gasteiger charge is -2.26. The summed E-state index contributed by atoms with van der Waals surface area (Å²) in [6.07, 6.45) is 5.11. The maximum atomic E-state index is 9.28. The Kier molecular flexibility index (Phi) is 6.10. The van der Waals surface area contributed by atoms with Gasteiger partial charge in [-0.25, -0.2) is 9.97 Å². The lowest BCUT2D eigenvalue weighted by Crippen LogP contribution is -2.43. The van der Waals surface area contributed by atoms with Crippen molar-refractivity contribution in [2.24, 2.45) is 0 Å². The Morgan fingerprint density at radius 1 is 1.61 bits per heavy atom. The van der Waals surface area contributed by atoms with Gasteiger partial charge in [0.25, 0.3) is 0 Å². The molecule has 1 aromatic rings. The van der Waals surface area contributed by atoms with E-state index < -0.39 is 5.54 Å². The van der Waals surface area contributed by atoms with E-state index in [2.05, 4.69) is 35.2 Å². The van der Waals surface area contributed by atoms with Crippen LogP contribution >= 0.6 is 11.8 Å². The van der Waals surface area contributed by atoms with Crippen LogP contribution in [0.3, 0.4) is 0 Å². The summed E-state index contributed by atoms with van der Waals surface area (Å²) in [6, 6.07) is 4.27. The van der Waals surface area contributed by atoms with Gasteiger partial charge in [0.2, 0.25) is 0 Å². The van der Waals surface area contributed by atoms with E-state index >= 15 is 0 Å². The van der Waals surface area contributed by atoms with Crippen molar-refractivity contribution in [2.75, 3.05) is 6.54 Å². The first-order chi connectivity index (χ1) is 8.59. The summed E-state index contributed by atoms with van der Waals surface area (Å²) in [4.78, 5) is 8.08. The van der Waals surface area contributed by atoms with Gasteiger partial charge in [0.15, 0.2) is 0 Å². The molecule has 0 aliphatic rings. The lowest BCUT2D eigenvalue weighted by atomic mass is 9.98.